The van der Waals surface area contributed by atoms with Crippen LogP contribution in [0.4, 0.5) is 0 Å². The van der Waals surface area contributed by atoms with Crippen LogP contribution in [0.15, 0.2) is 0 Å². The highest BCUT2D eigenvalue weighted by Gasteiger charge is 2.34. The van der Waals surface area contributed by atoms with Crippen molar-refractivity contribution in [1.82, 2.24) is 0 Å². The highest BCUT2D eigenvalue weighted by molar-refractivity contribution is 5.75. The number of esters is 1. The molecule has 0 spiro atoms. The smallest absolute Gasteiger partial charge is 0.309 e. The van der Waals surface area contributed by atoms with E-state index in [0.29, 0.717) is 0 Å². The lowest BCUT2D eigenvalue weighted by Gasteiger charge is -2.27. The molecule has 0 fully saturated rings. The fourth-order valence-corrected chi connectivity index (χ4v) is 1.77. The molecule has 1 N–H and O–H groups in total. The summed E-state index contributed by atoms with van der Waals surface area (Å²) in [5.74, 6) is -2.26. The molecule has 0 aromatic rings. The zero-order chi connectivity index (χ0) is 12.2. The molecule has 4 nitrogen and oxygen atoms in total. The first-order valence-corrected chi connectivity index (χ1v) is 5.13. The predicted octanol–water partition coefficient (Wildman–Crippen LogP) is 1.79. The molecule has 0 amide bonds. The first-order valence-electron chi connectivity index (χ1n) is 5.13. The molecule has 0 aliphatic heterocycles. The summed E-state index contributed by atoms with van der Waals surface area (Å²) in [6.07, 6.45) is 0. The minimum absolute atomic E-state index is 0.0780. The minimum atomic E-state index is -0.878. The van der Waals surface area contributed by atoms with Crippen molar-refractivity contribution in [3.05, 3.63) is 0 Å². The number of hydrogen-bond acceptors (Lipinski definition) is 3. The van der Waals surface area contributed by atoms with Gasteiger partial charge in [-0.05, 0) is 11.8 Å². The van der Waals surface area contributed by atoms with E-state index in [9.17, 15) is 9.59 Å². The Labute approximate surface area is 90.6 Å². The average Bonchev–Trinajstić information content (AvgIpc) is 2.15. The van der Waals surface area contributed by atoms with Gasteiger partial charge in [-0.1, -0.05) is 27.7 Å². The van der Waals surface area contributed by atoms with Gasteiger partial charge in [-0.3, -0.25) is 9.59 Å². The van der Waals surface area contributed by atoms with E-state index in [-0.39, 0.29) is 23.7 Å². The van der Waals surface area contributed by atoms with Crippen LogP contribution in [0.5, 0.6) is 0 Å². The Kier molecular flexibility index (Phi) is 5.33. The van der Waals surface area contributed by atoms with Gasteiger partial charge in [0.05, 0.1) is 18.9 Å². The van der Waals surface area contributed by atoms with Crippen molar-refractivity contribution in [1.29, 1.82) is 0 Å². The van der Waals surface area contributed by atoms with E-state index in [1.54, 1.807) is 13.8 Å². The number of carbonyl (C=O) groups excluding carboxylic acids is 1. The summed E-state index contributed by atoms with van der Waals surface area (Å²) in [6.45, 7) is 7.19. The summed E-state index contributed by atoms with van der Waals surface area (Å²) in [5, 5.41) is 8.89. The van der Waals surface area contributed by atoms with Gasteiger partial charge in [0.15, 0.2) is 0 Å². The Bertz CT molecular complexity index is 235. The van der Waals surface area contributed by atoms with Crippen molar-refractivity contribution in [2.24, 2.45) is 23.7 Å². The van der Waals surface area contributed by atoms with Gasteiger partial charge in [-0.2, -0.15) is 0 Å². The van der Waals surface area contributed by atoms with Crippen molar-refractivity contribution in [3.63, 3.8) is 0 Å². The fourth-order valence-electron chi connectivity index (χ4n) is 1.77. The van der Waals surface area contributed by atoms with E-state index >= 15 is 0 Å². The van der Waals surface area contributed by atoms with Crippen LogP contribution in [0.3, 0.4) is 0 Å². The Morgan fingerprint density at radius 1 is 1.13 bits per heavy atom. The van der Waals surface area contributed by atoms with Crippen LogP contribution in [-0.2, 0) is 14.3 Å². The first-order chi connectivity index (χ1) is 6.82. The Hall–Kier alpha value is -1.06. The van der Waals surface area contributed by atoms with E-state index in [1.807, 2.05) is 13.8 Å². The lowest BCUT2D eigenvalue weighted by Crippen LogP contribution is -2.34. The number of carboxylic acid groups (broad SMARTS) is 1. The molecule has 3 atom stereocenters. The molecule has 0 aliphatic rings. The van der Waals surface area contributed by atoms with E-state index in [0.717, 1.165) is 0 Å². The molecular weight excluding hydrogens is 196 g/mol. The maximum absolute atomic E-state index is 11.5. The van der Waals surface area contributed by atoms with Crippen LogP contribution in [0.2, 0.25) is 0 Å². The summed E-state index contributed by atoms with van der Waals surface area (Å²) in [6, 6.07) is 0. The van der Waals surface area contributed by atoms with Gasteiger partial charge < -0.3 is 9.84 Å². The van der Waals surface area contributed by atoms with E-state index < -0.39 is 11.9 Å². The SMILES string of the molecule is COC(=O)C(C(C)C)C(C)C(C)C(=O)O. The van der Waals surface area contributed by atoms with Gasteiger partial charge in [0, 0.05) is 0 Å². The van der Waals surface area contributed by atoms with Crippen LogP contribution in [0.1, 0.15) is 27.7 Å². The number of methoxy groups -OCH3 is 1. The second-order valence-electron chi connectivity index (χ2n) is 4.28. The second-order valence-corrected chi connectivity index (χ2v) is 4.28. The number of carbonyl (C=O) groups is 2. The normalized spacial score (nSPS) is 16.9. The minimum Gasteiger partial charge on any atom is -0.481 e. The summed E-state index contributed by atoms with van der Waals surface area (Å²) < 4.78 is 4.69. The number of rotatable bonds is 5. The zero-order valence-corrected chi connectivity index (χ0v) is 9.98. The maximum Gasteiger partial charge on any atom is 0.309 e. The van der Waals surface area contributed by atoms with Crippen molar-refractivity contribution in [2.75, 3.05) is 7.11 Å². The molecule has 0 aromatic carbocycles. The van der Waals surface area contributed by atoms with Gasteiger partial charge in [-0.25, -0.2) is 0 Å². The Balaban J connectivity index is 4.77. The highest BCUT2D eigenvalue weighted by Crippen LogP contribution is 2.28. The predicted molar refractivity (Wildman–Crippen MR) is 56.3 cm³/mol. The largest absolute Gasteiger partial charge is 0.481 e. The van der Waals surface area contributed by atoms with E-state index in [1.165, 1.54) is 7.11 Å². The topological polar surface area (TPSA) is 63.6 Å². The van der Waals surface area contributed by atoms with Crippen molar-refractivity contribution in [2.45, 2.75) is 27.7 Å². The molecular formula is C11H20O4. The van der Waals surface area contributed by atoms with Crippen molar-refractivity contribution >= 4 is 11.9 Å². The highest BCUT2D eigenvalue weighted by atomic mass is 16.5. The molecule has 0 heterocycles. The molecule has 0 bridgehead atoms. The standard InChI is InChI=1S/C11H20O4/c1-6(2)9(11(14)15-5)7(3)8(4)10(12)13/h6-9H,1-5H3,(H,12,13). The van der Waals surface area contributed by atoms with E-state index in [2.05, 4.69) is 0 Å². The summed E-state index contributed by atoms with van der Waals surface area (Å²) >= 11 is 0. The molecule has 0 aromatic heterocycles. The Morgan fingerprint density at radius 3 is 1.87 bits per heavy atom. The summed E-state index contributed by atoms with van der Waals surface area (Å²) in [7, 11) is 1.33. The number of aliphatic carboxylic acids is 1. The molecule has 0 saturated carbocycles. The quantitative estimate of drug-likeness (QED) is 0.711. The fraction of sp³-hybridized carbons (Fsp3) is 0.818. The molecule has 0 rings (SSSR count). The van der Waals surface area contributed by atoms with Crippen LogP contribution in [0.25, 0.3) is 0 Å². The molecule has 0 aliphatic carbocycles. The summed E-state index contributed by atoms with van der Waals surface area (Å²) in [4.78, 5) is 22.3. The van der Waals surface area contributed by atoms with Crippen LogP contribution >= 0.6 is 0 Å². The monoisotopic (exact) mass is 216 g/mol. The van der Waals surface area contributed by atoms with Crippen LogP contribution < -0.4 is 0 Å². The van der Waals surface area contributed by atoms with Gasteiger partial charge in [0.25, 0.3) is 0 Å². The maximum atomic E-state index is 11.5. The molecule has 0 radical (unpaired) electrons. The number of carboxylic acids is 1. The molecule has 88 valence electrons. The third-order valence-corrected chi connectivity index (χ3v) is 2.94. The second kappa shape index (κ2) is 5.73. The van der Waals surface area contributed by atoms with Crippen molar-refractivity contribution < 1.29 is 19.4 Å². The average molecular weight is 216 g/mol. The van der Waals surface area contributed by atoms with Crippen LogP contribution in [0, 0.1) is 23.7 Å². The van der Waals surface area contributed by atoms with Crippen molar-refractivity contribution in [3.8, 4) is 0 Å². The van der Waals surface area contributed by atoms with Gasteiger partial charge in [0.1, 0.15) is 0 Å². The van der Waals surface area contributed by atoms with E-state index in [4.69, 9.17) is 9.84 Å². The summed E-state index contributed by atoms with van der Waals surface area (Å²) in [5.41, 5.74) is 0. The molecule has 15 heavy (non-hydrogen) atoms. The molecule has 3 unspecified atom stereocenters. The lowest BCUT2D eigenvalue weighted by molar-refractivity contribution is -0.152. The molecule has 0 saturated heterocycles. The van der Waals surface area contributed by atoms with Gasteiger partial charge >= 0.3 is 11.9 Å². The third-order valence-electron chi connectivity index (χ3n) is 2.94. The van der Waals surface area contributed by atoms with Crippen LogP contribution in [-0.4, -0.2) is 24.2 Å². The lowest BCUT2D eigenvalue weighted by atomic mass is 9.78. The molecule has 4 heteroatoms. The zero-order valence-electron chi connectivity index (χ0n) is 9.98. The van der Waals surface area contributed by atoms with Gasteiger partial charge in [0.2, 0.25) is 0 Å². The third kappa shape index (κ3) is 3.53. The Morgan fingerprint density at radius 2 is 1.60 bits per heavy atom. The van der Waals surface area contributed by atoms with Gasteiger partial charge in [-0.15, -0.1) is 0 Å². The number of ether oxygens (including phenoxy) is 1. The first kappa shape index (κ1) is 13.9. The number of hydrogen-bond donors (Lipinski definition) is 1.